The predicted molar refractivity (Wildman–Crippen MR) is 89.6 cm³/mol. The van der Waals surface area contributed by atoms with Gasteiger partial charge in [0.25, 0.3) is 0 Å². The van der Waals surface area contributed by atoms with Crippen LogP contribution in [0.4, 0.5) is 5.82 Å². The maximum Gasteiger partial charge on any atom is 0.133 e. The maximum absolute atomic E-state index is 9.40. The molecule has 1 rings (SSSR count). The van der Waals surface area contributed by atoms with Crippen LogP contribution in [0.5, 0.6) is 0 Å². The van der Waals surface area contributed by atoms with E-state index < -0.39 is 0 Å². The fourth-order valence-electron chi connectivity index (χ4n) is 2.49. The van der Waals surface area contributed by atoms with E-state index in [-0.39, 0.29) is 12.1 Å². The zero-order chi connectivity index (χ0) is 15.9. The van der Waals surface area contributed by atoms with E-state index in [4.69, 9.17) is 0 Å². The molecule has 0 saturated carbocycles. The lowest BCUT2D eigenvalue weighted by Crippen LogP contribution is -2.39. The van der Waals surface area contributed by atoms with Gasteiger partial charge in [0, 0.05) is 36.4 Å². The van der Waals surface area contributed by atoms with Crippen molar-refractivity contribution in [3.8, 4) is 0 Å². The number of aromatic nitrogens is 1. The van der Waals surface area contributed by atoms with Gasteiger partial charge in [-0.2, -0.15) is 0 Å². The van der Waals surface area contributed by atoms with Gasteiger partial charge in [0.2, 0.25) is 0 Å². The van der Waals surface area contributed by atoms with Gasteiger partial charge < -0.3 is 15.3 Å². The average Bonchev–Trinajstić information content (AvgIpc) is 2.45. The number of rotatable bonds is 8. The first-order valence-electron chi connectivity index (χ1n) is 7.99. The van der Waals surface area contributed by atoms with E-state index in [0.29, 0.717) is 12.6 Å². The van der Waals surface area contributed by atoms with Gasteiger partial charge in [-0.3, -0.25) is 0 Å². The monoisotopic (exact) mass is 293 g/mol. The standard InChI is InChI=1S/C17H31N3O/c1-6-15(7-2)20(11-12-21)16-14(9-8-10-18-16)13-19-17(3,4)5/h8-10,15,19,21H,6-7,11-13H2,1-5H3. The molecule has 4 heteroatoms. The van der Waals surface area contributed by atoms with Crippen LogP contribution < -0.4 is 10.2 Å². The van der Waals surface area contributed by atoms with Gasteiger partial charge in [-0.25, -0.2) is 4.98 Å². The number of hydrogen-bond donors (Lipinski definition) is 2. The Hall–Kier alpha value is -1.13. The van der Waals surface area contributed by atoms with Crippen LogP contribution in [0, 0.1) is 0 Å². The van der Waals surface area contributed by atoms with E-state index in [0.717, 1.165) is 25.2 Å². The molecule has 1 aromatic rings. The Kier molecular flexibility index (Phi) is 7.12. The lowest BCUT2D eigenvalue weighted by atomic mass is 10.1. The second kappa shape index (κ2) is 8.35. The van der Waals surface area contributed by atoms with E-state index in [1.807, 2.05) is 12.3 Å². The summed E-state index contributed by atoms with van der Waals surface area (Å²) in [6, 6.07) is 4.52. The summed E-state index contributed by atoms with van der Waals surface area (Å²) in [5.74, 6) is 0.997. The molecule has 120 valence electrons. The Morgan fingerprint density at radius 3 is 2.48 bits per heavy atom. The van der Waals surface area contributed by atoms with Crippen LogP contribution in [-0.2, 0) is 6.54 Å². The molecular formula is C17H31N3O. The first kappa shape index (κ1) is 17.9. The van der Waals surface area contributed by atoms with Gasteiger partial charge in [-0.15, -0.1) is 0 Å². The minimum Gasteiger partial charge on any atom is -0.395 e. The number of aliphatic hydroxyl groups is 1. The van der Waals surface area contributed by atoms with Crippen molar-refractivity contribution >= 4 is 5.82 Å². The smallest absolute Gasteiger partial charge is 0.133 e. The normalized spacial score (nSPS) is 12.0. The van der Waals surface area contributed by atoms with Crippen molar-refractivity contribution < 1.29 is 5.11 Å². The fraction of sp³-hybridized carbons (Fsp3) is 0.706. The molecule has 1 aromatic heterocycles. The first-order chi connectivity index (χ1) is 9.92. The summed E-state index contributed by atoms with van der Waals surface area (Å²) in [5, 5.41) is 12.9. The molecule has 0 aliphatic rings. The van der Waals surface area contributed by atoms with Crippen LogP contribution in [0.1, 0.15) is 53.0 Å². The summed E-state index contributed by atoms with van der Waals surface area (Å²) in [6.07, 6.45) is 3.95. The van der Waals surface area contributed by atoms with Gasteiger partial charge in [-0.05, 0) is 39.7 Å². The van der Waals surface area contributed by atoms with Gasteiger partial charge >= 0.3 is 0 Å². The predicted octanol–water partition coefficient (Wildman–Crippen LogP) is 2.96. The zero-order valence-electron chi connectivity index (χ0n) is 14.2. The summed E-state index contributed by atoms with van der Waals surface area (Å²) in [6.45, 7) is 12.4. The lowest BCUT2D eigenvalue weighted by molar-refractivity contribution is 0.295. The quantitative estimate of drug-likeness (QED) is 0.773. The van der Waals surface area contributed by atoms with Gasteiger partial charge in [0.15, 0.2) is 0 Å². The minimum absolute atomic E-state index is 0.0732. The highest BCUT2D eigenvalue weighted by molar-refractivity contribution is 5.47. The summed E-state index contributed by atoms with van der Waals surface area (Å²) in [7, 11) is 0. The van der Waals surface area contributed by atoms with E-state index in [2.05, 4.69) is 55.9 Å². The summed E-state index contributed by atoms with van der Waals surface area (Å²) >= 11 is 0. The second-order valence-electron chi connectivity index (χ2n) is 6.48. The number of nitrogens with one attached hydrogen (secondary N) is 1. The molecule has 0 unspecified atom stereocenters. The van der Waals surface area contributed by atoms with Crippen LogP contribution in [0.3, 0.4) is 0 Å². The van der Waals surface area contributed by atoms with Crippen molar-refractivity contribution in [2.75, 3.05) is 18.1 Å². The molecule has 0 aromatic carbocycles. The van der Waals surface area contributed by atoms with Gasteiger partial charge in [0.05, 0.1) is 6.61 Å². The molecule has 0 aliphatic carbocycles. The first-order valence-corrected chi connectivity index (χ1v) is 7.99. The van der Waals surface area contributed by atoms with Crippen molar-refractivity contribution in [3.63, 3.8) is 0 Å². The molecule has 0 fully saturated rings. The molecule has 2 N–H and O–H groups in total. The maximum atomic E-state index is 9.40. The Bertz CT molecular complexity index is 411. The molecule has 0 amide bonds. The van der Waals surface area contributed by atoms with E-state index in [1.165, 1.54) is 5.56 Å². The van der Waals surface area contributed by atoms with E-state index >= 15 is 0 Å². The van der Waals surface area contributed by atoms with E-state index in [1.54, 1.807) is 0 Å². The van der Waals surface area contributed by atoms with E-state index in [9.17, 15) is 5.11 Å². The van der Waals surface area contributed by atoms with Crippen LogP contribution in [0.25, 0.3) is 0 Å². The summed E-state index contributed by atoms with van der Waals surface area (Å²) in [5.41, 5.74) is 1.26. The van der Waals surface area contributed by atoms with Crippen LogP contribution in [0.15, 0.2) is 18.3 Å². The number of anilines is 1. The molecule has 0 radical (unpaired) electrons. The highest BCUT2D eigenvalue weighted by Crippen LogP contribution is 2.22. The number of aliphatic hydroxyl groups excluding tert-OH is 1. The zero-order valence-corrected chi connectivity index (χ0v) is 14.2. The summed E-state index contributed by atoms with van der Waals surface area (Å²) in [4.78, 5) is 6.84. The molecule has 4 nitrogen and oxygen atoms in total. The lowest BCUT2D eigenvalue weighted by Gasteiger charge is -2.33. The van der Waals surface area contributed by atoms with Crippen molar-refractivity contribution in [2.45, 2.75) is 65.6 Å². The highest BCUT2D eigenvalue weighted by Gasteiger charge is 2.20. The van der Waals surface area contributed by atoms with Gasteiger partial charge in [0.1, 0.15) is 5.82 Å². The highest BCUT2D eigenvalue weighted by atomic mass is 16.3. The fourth-order valence-corrected chi connectivity index (χ4v) is 2.49. The molecule has 0 bridgehead atoms. The minimum atomic E-state index is 0.0732. The molecule has 0 spiro atoms. The number of nitrogens with zero attached hydrogens (tertiary/aromatic N) is 2. The summed E-state index contributed by atoms with van der Waals surface area (Å²) < 4.78 is 0. The molecule has 21 heavy (non-hydrogen) atoms. The van der Waals surface area contributed by atoms with Crippen LogP contribution in [0.2, 0.25) is 0 Å². The van der Waals surface area contributed by atoms with Crippen molar-refractivity contribution in [2.24, 2.45) is 0 Å². The Morgan fingerprint density at radius 1 is 1.29 bits per heavy atom. The SMILES string of the molecule is CCC(CC)N(CCO)c1ncccc1CNC(C)(C)C. The van der Waals surface area contributed by atoms with Crippen molar-refractivity contribution in [1.82, 2.24) is 10.3 Å². The molecule has 0 aliphatic heterocycles. The largest absolute Gasteiger partial charge is 0.395 e. The van der Waals surface area contributed by atoms with Gasteiger partial charge in [-0.1, -0.05) is 19.9 Å². The third kappa shape index (κ3) is 5.64. The van der Waals surface area contributed by atoms with Crippen molar-refractivity contribution in [3.05, 3.63) is 23.9 Å². The van der Waals surface area contributed by atoms with Crippen LogP contribution >= 0.6 is 0 Å². The topological polar surface area (TPSA) is 48.4 Å². The molecular weight excluding hydrogens is 262 g/mol. The van der Waals surface area contributed by atoms with Crippen LogP contribution in [-0.4, -0.2) is 34.8 Å². The Labute approximate surface area is 129 Å². The average molecular weight is 293 g/mol. The third-order valence-corrected chi connectivity index (χ3v) is 3.67. The third-order valence-electron chi connectivity index (χ3n) is 3.67. The number of hydrogen-bond acceptors (Lipinski definition) is 4. The van der Waals surface area contributed by atoms with Crippen molar-refractivity contribution in [1.29, 1.82) is 0 Å². The molecule has 1 heterocycles. The Balaban J connectivity index is 3.02. The molecule has 0 atom stereocenters. The second-order valence-corrected chi connectivity index (χ2v) is 6.48. The number of pyridine rings is 1. The molecule has 0 saturated heterocycles. The Morgan fingerprint density at radius 2 is 1.95 bits per heavy atom.